The molecule has 26 heavy (non-hydrogen) atoms. The lowest BCUT2D eigenvalue weighted by Crippen LogP contribution is -2.38. The van der Waals surface area contributed by atoms with Gasteiger partial charge in [-0.2, -0.15) is 0 Å². The third-order valence-electron chi connectivity index (χ3n) is 3.75. The number of hydrogen-bond acceptors (Lipinski definition) is 3. The van der Waals surface area contributed by atoms with Crippen molar-refractivity contribution in [3.63, 3.8) is 0 Å². The average Bonchev–Trinajstić information content (AvgIpc) is 3.14. The molecule has 0 unspecified atom stereocenters. The van der Waals surface area contributed by atoms with Gasteiger partial charge in [-0.25, -0.2) is 4.99 Å². The van der Waals surface area contributed by atoms with Crippen molar-refractivity contribution < 1.29 is 9.21 Å². The highest BCUT2D eigenvalue weighted by Gasteiger charge is 2.06. The van der Waals surface area contributed by atoms with Gasteiger partial charge < -0.3 is 20.4 Å². The molecule has 0 saturated carbocycles. The summed E-state index contributed by atoms with van der Waals surface area (Å²) in [7, 11) is 0. The topological polar surface area (TPSA) is 78.7 Å². The van der Waals surface area contributed by atoms with Crippen molar-refractivity contribution in [2.24, 2.45) is 10.9 Å². The summed E-state index contributed by atoms with van der Waals surface area (Å²) in [5.74, 6) is 1.71. The maximum atomic E-state index is 11.7. The smallest absolute Gasteiger partial charge is 0.226 e. The van der Waals surface area contributed by atoms with Crippen molar-refractivity contribution in [3.8, 4) is 0 Å². The van der Waals surface area contributed by atoms with Crippen LogP contribution in [0.25, 0.3) is 0 Å². The Morgan fingerprint density at radius 3 is 2.54 bits per heavy atom. The summed E-state index contributed by atoms with van der Waals surface area (Å²) in [5, 5.41) is 9.42. The molecule has 0 aliphatic heterocycles. The average molecular weight is 356 g/mol. The van der Waals surface area contributed by atoms with E-state index >= 15 is 0 Å². The van der Waals surface area contributed by atoms with Crippen molar-refractivity contribution in [1.29, 1.82) is 0 Å². The van der Waals surface area contributed by atoms with Crippen molar-refractivity contribution >= 4 is 17.6 Å². The van der Waals surface area contributed by atoms with Crippen LogP contribution in [0.5, 0.6) is 0 Å². The van der Waals surface area contributed by atoms with Gasteiger partial charge in [-0.05, 0) is 36.8 Å². The van der Waals surface area contributed by atoms with Crippen LogP contribution >= 0.6 is 0 Å². The highest BCUT2D eigenvalue weighted by molar-refractivity contribution is 5.92. The predicted octanol–water partition coefficient (Wildman–Crippen LogP) is 3.17. The van der Waals surface area contributed by atoms with Gasteiger partial charge in [0, 0.05) is 31.1 Å². The molecular weight excluding hydrogens is 328 g/mol. The largest absolute Gasteiger partial charge is 0.469 e. The maximum Gasteiger partial charge on any atom is 0.226 e. The fraction of sp³-hybridized carbons (Fsp3) is 0.400. The molecular formula is C20H28N4O2. The molecule has 1 aromatic heterocycles. The molecule has 0 atom stereocenters. The normalized spacial score (nSPS) is 11.5. The SMILES string of the molecule is CCNC(=NCc1ccc(NC(=O)C(C)C)cc1)NCCc1ccco1. The second kappa shape index (κ2) is 10.3. The van der Waals surface area contributed by atoms with Crippen molar-refractivity contribution in [3.05, 3.63) is 54.0 Å². The standard InChI is InChI=1S/C20H28N4O2/c1-4-21-20(22-12-11-18-6-5-13-26-18)23-14-16-7-9-17(10-8-16)24-19(25)15(2)3/h5-10,13,15H,4,11-12,14H2,1-3H3,(H,24,25)(H2,21,22,23). The van der Waals surface area contributed by atoms with Crippen molar-refractivity contribution in [1.82, 2.24) is 10.6 Å². The van der Waals surface area contributed by atoms with Gasteiger partial charge in [0.15, 0.2) is 5.96 Å². The lowest BCUT2D eigenvalue weighted by atomic mass is 10.2. The van der Waals surface area contributed by atoms with Crippen molar-refractivity contribution in [2.45, 2.75) is 33.7 Å². The predicted molar refractivity (Wildman–Crippen MR) is 105 cm³/mol. The second-order valence-corrected chi connectivity index (χ2v) is 6.29. The van der Waals surface area contributed by atoms with E-state index in [1.54, 1.807) is 6.26 Å². The van der Waals surface area contributed by atoms with Crippen LogP contribution in [0.2, 0.25) is 0 Å². The maximum absolute atomic E-state index is 11.7. The van der Waals surface area contributed by atoms with Crippen LogP contribution in [0.1, 0.15) is 32.1 Å². The van der Waals surface area contributed by atoms with E-state index in [1.807, 2.05) is 57.2 Å². The van der Waals surface area contributed by atoms with E-state index in [2.05, 4.69) is 20.9 Å². The minimum Gasteiger partial charge on any atom is -0.469 e. The molecule has 1 amide bonds. The molecule has 0 spiro atoms. The molecule has 0 bridgehead atoms. The number of rotatable bonds is 8. The Kier molecular flexibility index (Phi) is 7.74. The molecule has 140 valence electrons. The zero-order valence-electron chi connectivity index (χ0n) is 15.7. The van der Waals surface area contributed by atoms with Crippen LogP contribution in [0.4, 0.5) is 5.69 Å². The quantitative estimate of drug-likeness (QED) is 0.501. The van der Waals surface area contributed by atoms with Crippen LogP contribution in [-0.2, 0) is 17.8 Å². The van der Waals surface area contributed by atoms with Crippen LogP contribution in [0.3, 0.4) is 0 Å². The highest BCUT2D eigenvalue weighted by Crippen LogP contribution is 2.11. The van der Waals surface area contributed by atoms with Gasteiger partial charge in [0.25, 0.3) is 0 Å². The molecule has 0 fully saturated rings. The number of nitrogens with zero attached hydrogens (tertiary/aromatic N) is 1. The summed E-state index contributed by atoms with van der Waals surface area (Å²) < 4.78 is 5.33. The zero-order valence-corrected chi connectivity index (χ0v) is 15.7. The summed E-state index contributed by atoms with van der Waals surface area (Å²) >= 11 is 0. The molecule has 0 radical (unpaired) electrons. The number of amides is 1. The Morgan fingerprint density at radius 1 is 1.15 bits per heavy atom. The van der Waals surface area contributed by atoms with E-state index in [0.29, 0.717) is 6.54 Å². The van der Waals surface area contributed by atoms with Gasteiger partial charge in [0.2, 0.25) is 5.91 Å². The number of carbonyl (C=O) groups is 1. The summed E-state index contributed by atoms with van der Waals surface area (Å²) in [5.41, 5.74) is 1.88. The van der Waals surface area contributed by atoms with E-state index in [4.69, 9.17) is 4.42 Å². The molecule has 6 heteroatoms. The van der Waals surface area contributed by atoms with E-state index in [0.717, 1.165) is 42.5 Å². The molecule has 3 N–H and O–H groups in total. The first kappa shape index (κ1) is 19.6. The number of guanidine groups is 1. The Hall–Kier alpha value is -2.76. The Morgan fingerprint density at radius 2 is 1.92 bits per heavy atom. The second-order valence-electron chi connectivity index (χ2n) is 6.29. The molecule has 1 heterocycles. The zero-order chi connectivity index (χ0) is 18.8. The Bertz CT molecular complexity index is 691. The molecule has 2 aromatic rings. The van der Waals surface area contributed by atoms with Gasteiger partial charge in [-0.1, -0.05) is 26.0 Å². The van der Waals surface area contributed by atoms with Gasteiger partial charge in [0.1, 0.15) is 5.76 Å². The highest BCUT2D eigenvalue weighted by atomic mass is 16.3. The first-order valence-electron chi connectivity index (χ1n) is 9.03. The number of nitrogens with one attached hydrogen (secondary N) is 3. The lowest BCUT2D eigenvalue weighted by Gasteiger charge is -2.11. The summed E-state index contributed by atoms with van der Waals surface area (Å²) in [4.78, 5) is 16.3. The molecule has 1 aromatic carbocycles. The molecule has 2 rings (SSSR count). The van der Waals surface area contributed by atoms with Crippen LogP contribution in [0.15, 0.2) is 52.1 Å². The van der Waals surface area contributed by atoms with E-state index < -0.39 is 0 Å². The minimum absolute atomic E-state index is 0.0194. The Labute approximate surface area is 155 Å². The van der Waals surface area contributed by atoms with E-state index in [-0.39, 0.29) is 11.8 Å². The number of carbonyl (C=O) groups excluding carboxylic acids is 1. The summed E-state index contributed by atoms with van der Waals surface area (Å²) in [6, 6.07) is 11.6. The third kappa shape index (κ3) is 6.63. The van der Waals surface area contributed by atoms with Crippen LogP contribution < -0.4 is 16.0 Å². The van der Waals surface area contributed by atoms with Gasteiger partial charge in [0.05, 0.1) is 12.8 Å². The van der Waals surface area contributed by atoms with Gasteiger partial charge in [-0.15, -0.1) is 0 Å². The lowest BCUT2D eigenvalue weighted by molar-refractivity contribution is -0.118. The number of benzene rings is 1. The van der Waals surface area contributed by atoms with Gasteiger partial charge in [-0.3, -0.25) is 4.79 Å². The number of hydrogen-bond donors (Lipinski definition) is 3. The number of aliphatic imine (C=N–C) groups is 1. The monoisotopic (exact) mass is 356 g/mol. The van der Waals surface area contributed by atoms with E-state index in [1.165, 1.54) is 0 Å². The number of furan rings is 1. The molecule has 0 aliphatic rings. The van der Waals surface area contributed by atoms with Gasteiger partial charge >= 0.3 is 0 Å². The first-order chi connectivity index (χ1) is 12.6. The molecule has 6 nitrogen and oxygen atoms in total. The van der Waals surface area contributed by atoms with Crippen LogP contribution in [0, 0.1) is 5.92 Å². The van der Waals surface area contributed by atoms with Crippen molar-refractivity contribution in [2.75, 3.05) is 18.4 Å². The summed E-state index contributed by atoms with van der Waals surface area (Å²) in [6.07, 6.45) is 2.49. The fourth-order valence-electron chi connectivity index (χ4n) is 2.25. The fourth-order valence-corrected chi connectivity index (χ4v) is 2.25. The first-order valence-corrected chi connectivity index (χ1v) is 9.03. The van der Waals surface area contributed by atoms with E-state index in [9.17, 15) is 4.79 Å². The molecule has 0 aliphatic carbocycles. The minimum atomic E-state index is -0.0331. The van der Waals surface area contributed by atoms with Crippen LogP contribution in [-0.4, -0.2) is 25.0 Å². The third-order valence-corrected chi connectivity index (χ3v) is 3.75. The number of anilines is 1. The summed E-state index contributed by atoms with van der Waals surface area (Å²) in [6.45, 7) is 7.90. The molecule has 0 saturated heterocycles. The Balaban J connectivity index is 1.86.